The fraction of sp³-hybridized carbons (Fsp3) is 0.179. The zero-order chi connectivity index (χ0) is 22.9. The van der Waals surface area contributed by atoms with Crippen LogP contribution in [0.15, 0.2) is 97.1 Å². The van der Waals surface area contributed by atoms with E-state index in [2.05, 4.69) is 0 Å². The molecule has 0 saturated heterocycles. The summed E-state index contributed by atoms with van der Waals surface area (Å²) < 4.78 is 5.26. The molecule has 0 bridgehead atoms. The van der Waals surface area contributed by atoms with Gasteiger partial charge in [0.1, 0.15) is 5.92 Å². The fourth-order valence-electron chi connectivity index (χ4n) is 3.68. The zero-order valence-corrected chi connectivity index (χ0v) is 18.2. The smallest absolute Gasteiger partial charge is 0.317 e. The topological polar surface area (TPSA) is 60.4 Å². The Balaban J connectivity index is 2.10. The van der Waals surface area contributed by atoms with Crippen molar-refractivity contribution in [3.05, 3.63) is 114 Å². The van der Waals surface area contributed by atoms with E-state index in [9.17, 15) is 14.4 Å². The summed E-state index contributed by atoms with van der Waals surface area (Å²) in [6.07, 6.45) is 1.51. The van der Waals surface area contributed by atoms with Crippen molar-refractivity contribution in [2.45, 2.75) is 19.8 Å². The molecular formula is C28H26O4. The van der Waals surface area contributed by atoms with E-state index in [0.717, 1.165) is 11.1 Å². The normalized spacial score (nSPS) is 13.1. The van der Waals surface area contributed by atoms with E-state index in [-0.39, 0.29) is 12.4 Å². The first-order chi connectivity index (χ1) is 15.5. The lowest BCUT2D eigenvalue weighted by Gasteiger charge is -2.23. The van der Waals surface area contributed by atoms with Crippen molar-refractivity contribution < 1.29 is 19.1 Å². The molecule has 162 valence electrons. The number of allylic oxidation sites excluding steroid dienone is 2. The summed E-state index contributed by atoms with van der Waals surface area (Å²) in [6.45, 7) is 3.64. The molecule has 2 atom stereocenters. The van der Waals surface area contributed by atoms with Crippen molar-refractivity contribution in [1.29, 1.82) is 0 Å². The highest BCUT2D eigenvalue weighted by molar-refractivity contribution is 6.14. The molecule has 0 N–H and O–H groups in total. The van der Waals surface area contributed by atoms with Gasteiger partial charge >= 0.3 is 5.97 Å². The van der Waals surface area contributed by atoms with Gasteiger partial charge in [0.2, 0.25) is 0 Å². The Bertz CT molecular complexity index is 1090. The number of ether oxygens (including phenoxy) is 1. The largest absolute Gasteiger partial charge is 0.465 e. The van der Waals surface area contributed by atoms with Gasteiger partial charge in [-0.25, -0.2) is 0 Å². The van der Waals surface area contributed by atoms with Gasteiger partial charge in [-0.1, -0.05) is 91.0 Å². The molecule has 0 spiro atoms. The number of hydrogen-bond donors (Lipinski definition) is 0. The molecule has 4 nitrogen and oxygen atoms in total. The Kier molecular flexibility index (Phi) is 7.87. The van der Waals surface area contributed by atoms with Crippen LogP contribution in [0, 0.1) is 5.92 Å². The van der Waals surface area contributed by atoms with Crippen LogP contribution in [-0.4, -0.2) is 24.1 Å². The number of hydrogen-bond acceptors (Lipinski definition) is 4. The number of carbonyl (C=O) groups is 3. The highest BCUT2D eigenvalue weighted by atomic mass is 16.5. The Morgan fingerprint density at radius 2 is 1.28 bits per heavy atom. The molecule has 0 fully saturated rings. The van der Waals surface area contributed by atoms with Crippen LogP contribution >= 0.6 is 0 Å². The van der Waals surface area contributed by atoms with E-state index in [1.165, 1.54) is 6.08 Å². The summed E-state index contributed by atoms with van der Waals surface area (Å²) in [7, 11) is 0. The van der Waals surface area contributed by atoms with E-state index in [0.29, 0.717) is 11.1 Å². The molecule has 0 aliphatic carbocycles. The summed E-state index contributed by atoms with van der Waals surface area (Å²) in [5, 5.41) is 0. The second kappa shape index (κ2) is 11.0. The van der Waals surface area contributed by atoms with Gasteiger partial charge < -0.3 is 4.74 Å². The van der Waals surface area contributed by atoms with Gasteiger partial charge in [-0.3, -0.25) is 14.4 Å². The lowest BCUT2D eigenvalue weighted by atomic mass is 9.78. The van der Waals surface area contributed by atoms with Crippen LogP contribution in [-0.2, 0) is 14.3 Å². The van der Waals surface area contributed by atoms with E-state index >= 15 is 0 Å². The van der Waals surface area contributed by atoms with Crippen LogP contribution in [0.1, 0.15) is 41.3 Å². The number of esters is 1. The van der Waals surface area contributed by atoms with Crippen molar-refractivity contribution in [1.82, 2.24) is 0 Å². The minimum absolute atomic E-state index is 0.117. The summed E-state index contributed by atoms with van der Waals surface area (Å²) in [5.74, 6) is -3.74. The second-order valence-electron chi connectivity index (χ2n) is 7.44. The standard InChI is InChI=1S/C28H26O4/c1-3-32-28(31)26(27(30)23-17-11-6-12-18-23)25(22-15-9-5-10-16-22)24(29)19-20(2)21-13-7-4-8-14-21/h4-19,25-26H,3H2,1-2H3/b20-19-/t25-,26?/m1/s1. The second-order valence-corrected chi connectivity index (χ2v) is 7.44. The Hall–Kier alpha value is -3.79. The average Bonchev–Trinajstić information content (AvgIpc) is 2.83. The first-order valence-corrected chi connectivity index (χ1v) is 10.6. The Morgan fingerprint density at radius 1 is 0.781 bits per heavy atom. The Morgan fingerprint density at radius 3 is 1.81 bits per heavy atom. The average molecular weight is 427 g/mol. The predicted octanol–water partition coefficient (Wildman–Crippen LogP) is 5.51. The molecule has 32 heavy (non-hydrogen) atoms. The summed E-state index contributed by atoms with van der Waals surface area (Å²) in [5.41, 5.74) is 2.61. The highest BCUT2D eigenvalue weighted by Crippen LogP contribution is 2.31. The molecule has 0 saturated carbocycles. The maximum Gasteiger partial charge on any atom is 0.317 e. The third-order valence-electron chi connectivity index (χ3n) is 5.27. The highest BCUT2D eigenvalue weighted by Gasteiger charge is 2.40. The number of benzene rings is 3. The minimum Gasteiger partial charge on any atom is -0.465 e. The van der Waals surface area contributed by atoms with E-state index < -0.39 is 23.6 Å². The number of rotatable bonds is 9. The first-order valence-electron chi connectivity index (χ1n) is 10.6. The van der Waals surface area contributed by atoms with Crippen molar-refractivity contribution in [3.63, 3.8) is 0 Å². The van der Waals surface area contributed by atoms with Gasteiger partial charge in [-0.2, -0.15) is 0 Å². The van der Waals surface area contributed by atoms with E-state index in [1.54, 1.807) is 61.5 Å². The molecule has 1 unspecified atom stereocenters. The quantitative estimate of drug-likeness (QED) is 0.196. The number of carbonyl (C=O) groups excluding carboxylic acids is 3. The van der Waals surface area contributed by atoms with Crippen LogP contribution in [0.3, 0.4) is 0 Å². The van der Waals surface area contributed by atoms with Gasteiger partial charge in [-0.05, 0) is 36.6 Å². The molecule has 3 aromatic carbocycles. The van der Waals surface area contributed by atoms with Crippen molar-refractivity contribution in [3.8, 4) is 0 Å². The van der Waals surface area contributed by atoms with Gasteiger partial charge in [-0.15, -0.1) is 0 Å². The van der Waals surface area contributed by atoms with Crippen molar-refractivity contribution in [2.24, 2.45) is 5.92 Å². The number of Topliss-reactive ketones (excluding diaryl/α,β-unsaturated/α-hetero) is 1. The summed E-state index contributed by atoms with van der Waals surface area (Å²) in [6, 6.07) is 27.0. The molecule has 0 heterocycles. The van der Waals surface area contributed by atoms with Crippen LogP contribution in [0.25, 0.3) is 5.57 Å². The third-order valence-corrected chi connectivity index (χ3v) is 5.27. The van der Waals surface area contributed by atoms with Crippen molar-refractivity contribution >= 4 is 23.1 Å². The minimum atomic E-state index is -1.29. The van der Waals surface area contributed by atoms with Gasteiger partial charge in [0, 0.05) is 5.56 Å². The van der Waals surface area contributed by atoms with Crippen LogP contribution in [0.2, 0.25) is 0 Å². The van der Waals surface area contributed by atoms with Crippen LogP contribution < -0.4 is 0 Å². The molecule has 0 aliphatic heterocycles. The summed E-state index contributed by atoms with van der Waals surface area (Å²) >= 11 is 0. The lowest BCUT2D eigenvalue weighted by molar-refractivity contribution is -0.148. The lowest BCUT2D eigenvalue weighted by Crippen LogP contribution is -2.35. The molecule has 4 heteroatoms. The monoisotopic (exact) mass is 426 g/mol. The van der Waals surface area contributed by atoms with E-state index in [1.807, 2.05) is 43.3 Å². The Labute approximate surface area is 188 Å². The number of ketones is 2. The molecule has 0 aliphatic rings. The molecule has 0 amide bonds. The summed E-state index contributed by atoms with van der Waals surface area (Å²) in [4.78, 5) is 40.1. The maximum absolute atomic E-state index is 13.6. The predicted molar refractivity (Wildman–Crippen MR) is 125 cm³/mol. The van der Waals surface area contributed by atoms with Crippen LogP contribution in [0.5, 0.6) is 0 Å². The van der Waals surface area contributed by atoms with Crippen molar-refractivity contribution in [2.75, 3.05) is 6.61 Å². The molecule has 3 rings (SSSR count). The SMILES string of the molecule is CCOC(=O)C(C(=O)c1ccccc1)[C@@H](C(=O)/C=C(/C)c1ccccc1)c1ccccc1. The van der Waals surface area contributed by atoms with Gasteiger partial charge in [0.25, 0.3) is 0 Å². The first kappa shape index (κ1) is 22.9. The molecule has 0 aromatic heterocycles. The zero-order valence-electron chi connectivity index (χ0n) is 18.2. The maximum atomic E-state index is 13.6. The third kappa shape index (κ3) is 5.46. The van der Waals surface area contributed by atoms with Gasteiger partial charge in [0.05, 0.1) is 12.5 Å². The fourth-order valence-corrected chi connectivity index (χ4v) is 3.68. The molecular weight excluding hydrogens is 400 g/mol. The molecule has 3 aromatic rings. The van der Waals surface area contributed by atoms with Crippen LogP contribution in [0.4, 0.5) is 0 Å². The van der Waals surface area contributed by atoms with Gasteiger partial charge in [0.15, 0.2) is 11.6 Å². The van der Waals surface area contributed by atoms with E-state index in [4.69, 9.17) is 4.74 Å². The molecule has 0 radical (unpaired) electrons.